The van der Waals surface area contributed by atoms with E-state index in [0.717, 1.165) is 19.3 Å². The van der Waals surface area contributed by atoms with Crippen LogP contribution in [-0.4, -0.2) is 86.1 Å². The molecular weight excluding hydrogens is 492 g/mol. The van der Waals surface area contributed by atoms with Gasteiger partial charge in [-0.1, -0.05) is 62.0 Å². The number of carbonyl (C=O) groups excluding carboxylic acids is 2. The van der Waals surface area contributed by atoms with Crippen molar-refractivity contribution in [2.45, 2.75) is 81.5 Å². The van der Waals surface area contributed by atoms with Crippen molar-refractivity contribution in [3.8, 4) is 0 Å². The van der Waals surface area contributed by atoms with Crippen molar-refractivity contribution in [2.24, 2.45) is 17.8 Å². The number of fused-ring (bicyclic) bond motifs is 1. The van der Waals surface area contributed by atoms with Crippen molar-refractivity contribution in [2.75, 3.05) is 19.7 Å². The number of aliphatic hydroxyl groups is 1. The lowest BCUT2D eigenvalue weighted by molar-refractivity contribution is -0.154. The molecule has 3 heterocycles. The van der Waals surface area contributed by atoms with Crippen LogP contribution >= 0.6 is 15.9 Å². The first kappa shape index (κ1) is 26.2. The van der Waals surface area contributed by atoms with E-state index in [0.29, 0.717) is 25.9 Å². The van der Waals surface area contributed by atoms with Gasteiger partial charge in [-0.3, -0.25) is 14.4 Å². The van der Waals surface area contributed by atoms with E-state index in [-0.39, 0.29) is 23.3 Å². The Hall–Kier alpha value is -1.45. The molecule has 2 amide bonds. The molecule has 0 aromatic heterocycles. The summed E-state index contributed by atoms with van der Waals surface area (Å²) in [6, 6.07) is -1.57. The van der Waals surface area contributed by atoms with E-state index < -0.39 is 47.5 Å². The first-order chi connectivity index (χ1) is 15.7. The standard InChI is InChI=1S/C24H37BrN2O6/c1-5-8-9-11-26(10-6-2)22(30)20-24-12-15(25)19(33-24)17(23(31)32)18(24)21(29)27(20)16(13-28)14(4)7-3/h6,14-20,28H,2,5,7-13H2,1,3-4H3,(H,31,32)/t14-,15?,16-,17+,18-,19+,20?,24?/m0/s1. The number of unbranched alkanes of at least 4 members (excludes halogenated alkanes) is 2. The number of alkyl halides is 1. The van der Waals surface area contributed by atoms with Crippen LogP contribution in [0.1, 0.15) is 52.9 Å². The summed E-state index contributed by atoms with van der Waals surface area (Å²) in [5.41, 5.74) is -1.22. The lowest BCUT2D eigenvalue weighted by atomic mass is 9.70. The van der Waals surface area contributed by atoms with E-state index in [4.69, 9.17) is 4.74 Å². The Kier molecular flexibility index (Phi) is 8.28. The maximum absolute atomic E-state index is 14.1. The molecule has 186 valence electrons. The second-order valence-electron chi connectivity index (χ2n) is 9.66. The highest BCUT2D eigenvalue weighted by atomic mass is 79.9. The third kappa shape index (κ3) is 4.25. The minimum atomic E-state index is -1.22. The van der Waals surface area contributed by atoms with Gasteiger partial charge in [0.2, 0.25) is 11.8 Å². The van der Waals surface area contributed by atoms with Crippen LogP contribution < -0.4 is 0 Å². The molecule has 3 aliphatic heterocycles. The van der Waals surface area contributed by atoms with Crippen LogP contribution in [0.15, 0.2) is 12.7 Å². The highest BCUT2D eigenvalue weighted by Gasteiger charge is 2.77. The number of nitrogens with zero attached hydrogens (tertiary/aromatic N) is 2. The smallest absolute Gasteiger partial charge is 0.310 e. The Morgan fingerprint density at radius 2 is 2.09 bits per heavy atom. The van der Waals surface area contributed by atoms with Gasteiger partial charge in [0, 0.05) is 17.9 Å². The van der Waals surface area contributed by atoms with Crippen molar-refractivity contribution >= 4 is 33.7 Å². The van der Waals surface area contributed by atoms with Crippen molar-refractivity contribution in [3.05, 3.63) is 12.7 Å². The zero-order valence-corrected chi connectivity index (χ0v) is 21.4. The van der Waals surface area contributed by atoms with E-state index in [1.165, 1.54) is 4.90 Å². The molecule has 0 aromatic rings. The van der Waals surface area contributed by atoms with E-state index in [1.807, 2.05) is 13.8 Å². The second-order valence-corrected chi connectivity index (χ2v) is 10.8. The number of aliphatic hydroxyl groups excluding tert-OH is 1. The van der Waals surface area contributed by atoms with E-state index >= 15 is 0 Å². The molecule has 9 heteroatoms. The Morgan fingerprint density at radius 3 is 2.64 bits per heavy atom. The summed E-state index contributed by atoms with van der Waals surface area (Å²) in [5, 5.41) is 20.3. The molecule has 2 bridgehead atoms. The number of aliphatic carboxylic acids is 1. The molecule has 8 nitrogen and oxygen atoms in total. The van der Waals surface area contributed by atoms with Gasteiger partial charge in [-0.05, 0) is 18.8 Å². The Bertz CT molecular complexity index is 778. The van der Waals surface area contributed by atoms with Crippen LogP contribution in [-0.2, 0) is 19.1 Å². The van der Waals surface area contributed by atoms with Gasteiger partial charge >= 0.3 is 5.97 Å². The van der Waals surface area contributed by atoms with Gasteiger partial charge in [-0.2, -0.15) is 0 Å². The summed E-state index contributed by atoms with van der Waals surface area (Å²) < 4.78 is 6.32. The molecular formula is C24H37BrN2O6. The van der Waals surface area contributed by atoms with Crippen molar-refractivity contribution in [1.82, 2.24) is 9.80 Å². The fourth-order valence-electron chi connectivity index (χ4n) is 5.97. The minimum Gasteiger partial charge on any atom is -0.481 e. The Labute approximate surface area is 204 Å². The molecule has 0 saturated carbocycles. The lowest BCUT2D eigenvalue weighted by Gasteiger charge is -2.41. The molecule has 3 rings (SSSR count). The molecule has 3 saturated heterocycles. The fourth-order valence-corrected chi connectivity index (χ4v) is 6.92. The Morgan fingerprint density at radius 1 is 1.39 bits per heavy atom. The van der Waals surface area contributed by atoms with Crippen LogP contribution in [0, 0.1) is 17.8 Å². The van der Waals surface area contributed by atoms with Crippen LogP contribution in [0.3, 0.4) is 0 Å². The summed E-state index contributed by atoms with van der Waals surface area (Å²) in [5.74, 6) is -3.78. The number of halogens is 1. The van der Waals surface area contributed by atoms with Gasteiger partial charge in [-0.15, -0.1) is 6.58 Å². The first-order valence-electron chi connectivity index (χ1n) is 12.1. The maximum atomic E-state index is 14.1. The van der Waals surface area contributed by atoms with Gasteiger partial charge < -0.3 is 24.7 Å². The molecule has 0 aromatic carbocycles. The zero-order valence-electron chi connectivity index (χ0n) is 19.8. The first-order valence-corrected chi connectivity index (χ1v) is 13.0. The quantitative estimate of drug-likeness (QED) is 0.229. The topological polar surface area (TPSA) is 107 Å². The van der Waals surface area contributed by atoms with Crippen molar-refractivity contribution in [1.29, 1.82) is 0 Å². The van der Waals surface area contributed by atoms with Crippen molar-refractivity contribution in [3.63, 3.8) is 0 Å². The van der Waals surface area contributed by atoms with Crippen LogP contribution in [0.4, 0.5) is 0 Å². The maximum Gasteiger partial charge on any atom is 0.310 e. The largest absolute Gasteiger partial charge is 0.481 e. The van der Waals surface area contributed by atoms with Gasteiger partial charge in [0.1, 0.15) is 11.6 Å². The number of rotatable bonds is 12. The van der Waals surface area contributed by atoms with Crippen LogP contribution in [0.25, 0.3) is 0 Å². The third-order valence-corrected chi connectivity index (χ3v) is 8.63. The summed E-state index contributed by atoms with van der Waals surface area (Å²) >= 11 is 3.56. The molecule has 1 spiro atoms. The summed E-state index contributed by atoms with van der Waals surface area (Å²) in [6.45, 7) is 10.3. The number of carboxylic acids is 1. The zero-order chi connectivity index (χ0) is 24.5. The highest BCUT2D eigenvalue weighted by Crippen LogP contribution is 2.60. The number of hydrogen-bond donors (Lipinski definition) is 2. The minimum absolute atomic E-state index is 0.0716. The predicted molar refractivity (Wildman–Crippen MR) is 127 cm³/mol. The lowest BCUT2D eigenvalue weighted by Crippen LogP contribution is -2.60. The van der Waals surface area contributed by atoms with E-state index in [9.17, 15) is 24.6 Å². The molecule has 3 fully saturated rings. The predicted octanol–water partition coefficient (Wildman–Crippen LogP) is 2.43. The van der Waals surface area contributed by atoms with E-state index in [2.05, 4.69) is 29.4 Å². The summed E-state index contributed by atoms with van der Waals surface area (Å²) in [6.07, 6.45) is 4.87. The average Bonchev–Trinajstić information content (AvgIpc) is 3.37. The highest BCUT2D eigenvalue weighted by molar-refractivity contribution is 9.09. The molecule has 2 N–H and O–H groups in total. The monoisotopic (exact) mass is 528 g/mol. The number of ether oxygens (including phenoxy) is 1. The second kappa shape index (κ2) is 10.4. The SMILES string of the molecule is C=CCN(CCCCC)C(=O)C1N([C@@H](CO)[C@@H](C)CC)C(=O)[C@@H]2[C@@H](C(=O)O)[C@@H]3OC12CC3Br. The molecule has 0 aliphatic carbocycles. The number of hydrogen-bond acceptors (Lipinski definition) is 5. The summed E-state index contributed by atoms with van der Waals surface area (Å²) in [4.78, 5) is 43.1. The molecule has 3 aliphatic rings. The number of amides is 2. The van der Waals surface area contributed by atoms with E-state index in [1.54, 1.807) is 11.0 Å². The molecule has 3 unspecified atom stereocenters. The Balaban J connectivity index is 2.09. The van der Waals surface area contributed by atoms with Crippen molar-refractivity contribution < 1.29 is 29.3 Å². The van der Waals surface area contributed by atoms with Crippen LogP contribution in [0.5, 0.6) is 0 Å². The van der Waals surface area contributed by atoms with Gasteiger partial charge in [0.25, 0.3) is 0 Å². The average molecular weight is 529 g/mol. The van der Waals surface area contributed by atoms with Gasteiger partial charge in [-0.25, -0.2) is 0 Å². The number of carboxylic acid groups (broad SMARTS) is 1. The van der Waals surface area contributed by atoms with Crippen LogP contribution in [0.2, 0.25) is 0 Å². The molecule has 0 radical (unpaired) electrons. The van der Waals surface area contributed by atoms with Gasteiger partial charge in [0.05, 0.1) is 30.6 Å². The molecule has 8 atom stereocenters. The summed E-state index contributed by atoms with van der Waals surface area (Å²) in [7, 11) is 0. The fraction of sp³-hybridized carbons (Fsp3) is 0.792. The third-order valence-electron chi connectivity index (χ3n) is 7.78. The molecule has 33 heavy (non-hydrogen) atoms. The normalized spacial score (nSPS) is 34.3. The number of carbonyl (C=O) groups is 3. The van der Waals surface area contributed by atoms with Gasteiger partial charge in [0.15, 0.2) is 0 Å². The number of likely N-dealkylation sites (tertiary alicyclic amines) is 1.